The number of ether oxygens (including phenoxy) is 2. The molecular formula is C39H40N6O4. The maximum absolute atomic E-state index is 12.9. The quantitative estimate of drug-likeness (QED) is 0.197. The van der Waals surface area contributed by atoms with E-state index in [9.17, 15) is 9.59 Å². The number of nitrogens with zero attached hydrogens (tertiary/aromatic N) is 5. The predicted octanol–water partition coefficient (Wildman–Crippen LogP) is 8.77. The Morgan fingerprint density at radius 2 is 1.51 bits per heavy atom. The van der Waals surface area contributed by atoms with Crippen LogP contribution in [0.25, 0.3) is 50.2 Å². The van der Waals surface area contributed by atoms with Crippen LogP contribution in [0.15, 0.2) is 91.3 Å². The van der Waals surface area contributed by atoms with Gasteiger partial charge in [-0.1, -0.05) is 60.7 Å². The Morgan fingerprint density at radius 1 is 0.816 bits per heavy atom. The lowest BCUT2D eigenvalue weighted by Crippen LogP contribution is -2.52. The molecule has 3 heterocycles. The number of rotatable bonds is 5. The van der Waals surface area contributed by atoms with Gasteiger partial charge in [0.1, 0.15) is 11.2 Å². The Morgan fingerprint density at radius 3 is 2.16 bits per heavy atom. The first kappa shape index (κ1) is 32.1. The first-order valence-electron chi connectivity index (χ1n) is 16.6. The van der Waals surface area contributed by atoms with Crippen LogP contribution in [0.1, 0.15) is 66.4 Å². The molecule has 49 heavy (non-hydrogen) atoms. The summed E-state index contributed by atoms with van der Waals surface area (Å²) in [7, 11) is 0. The van der Waals surface area contributed by atoms with E-state index in [-0.39, 0.29) is 0 Å². The standard InChI is InChI=1S/C39H40N6O4/c1-37(2,3)48-35(46)42-39(20-10-21-39)28-16-13-26(14-17-28)33-30(25-11-8-7-9-12-25)24-44-34(41-33)29-18-15-27(23-31(29)43-44)32-19-22-40-45(32)36(47)49-38(4,5)6/h7-9,11-19,22-24H,10,20-21H2,1-6H3,(H,42,46). The summed E-state index contributed by atoms with van der Waals surface area (Å²) >= 11 is 0. The van der Waals surface area contributed by atoms with Gasteiger partial charge < -0.3 is 14.8 Å². The lowest BCUT2D eigenvalue weighted by molar-refractivity contribution is 0.0376. The molecule has 1 fully saturated rings. The highest BCUT2D eigenvalue weighted by molar-refractivity contribution is 5.96. The number of alkyl carbamates (subject to hydrolysis) is 1. The Hall–Kier alpha value is -5.51. The van der Waals surface area contributed by atoms with Crippen LogP contribution in [0.2, 0.25) is 0 Å². The molecular weight excluding hydrogens is 616 g/mol. The number of carbonyl (C=O) groups is 2. The number of hydrogen-bond acceptors (Lipinski definition) is 7. The maximum atomic E-state index is 12.9. The van der Waals surface area contributed by atoms with Gasteiger partial charge in [0.05, 0.1) is 28.6 Å². The first-order valence-corrected chi connectivity index (χ1v) is 16.6. The van der Waals surface area contributed by atoms with Crippen LogP contribution in [0.5, 0.6) is 0 Å². The van der Waals surface area contributed by atoms with Gasteiger partial charge in [-0.05, 0) is 90.1 Å². The zero-order chi connectivity index (χ0) is 34.6. The average Bonchev–Trinajstić information content (AvgIpc) is 3.66. The summed E-state index contributed by atoms with van der Waals surface area (Å²) in [4.78, 5) is 30.8. The minimum absolute atomic E-state index is 0.403. The molecule has 0 radical (unpaired) electrons. The summed E-state index contributed by atoms with van der Waals surface area (Å²) in [6, 6.07) is 26.1. The number of amides is 1. The Labute approximate surface area is 285 Å². The molecule has 0 unspecified atom stereocenters. The number of aromatic nitrogens is 5. The van der Waals surface area contributed by atoms with Crippen molar-refractivity contribution in [2.45, 2.75) is 77.5 Å². The molecule has 0 spiro atoms. The van der Waals surface area contributed by atoms with Crippen molar-refractivity contribution >= 4 is 28.7 Å². The van der Waals surface area contributed by atoms with Crippen LogP contribution >= 0.6 is 0 Å². The molecule has 0 atom stereocenters. The summed E-state index contributed by atoms with van der Waals surface area (Å²) in [6.45, 7) is 11.1. The van der Waals surface area contributed by atoms with E-state index in [0.717, 1.165) is 63.7 Å². The molecule has 1 aliphatic carbocycles. The van der Waals surface area contributed by atoms with Gasteiger partial charge in [-0.25, -0.2) is 19.1 Å². The number of fused-ring (bicyclic) bond motifs is 3. The third kappa shape index (κ3) is 6.38. The molecule has 0 aliphatic heterocycles. The van der Waals surface area contributed by atoms with Gasteiger partial charge in [-0.15, -0.1) is 0 Å². The highest BCUT2D eigenvalue weighted by atomic mass is 16.6. The van der Waals surface area contributed by atoms with E-state index < -0.39 is 28.9 Å². The summed E-state index contributed by atoms with van der Waals surface area (Å²) in [5.74, 6) is 0. The van der Waals surface area contributed by atoms with E-state index in [1.54, 1.807) is 12.3 Å². The Kier molecular flexibility index (Phi) is 7.77. The number of nitrogens with one attached hydrogen (secondary N) is 1. The average molecular weight is 657 g/mol. The summed E-state index contributed by atoms with van der Waals surface area (Å²) in [5, 5.41) is 13.2. The first-order chi connectivity index (χ1) is 23.3. The number of hydrogen-bond donors (Lipinski definition) is 1. The van der Waals surface area contributed by atoms with Crippen molar-refractivity contribution in [2.75, 3.05) is 0 Å². The van der Waals surface area contributed by atoms with Crippen LogP contribution in [0, 0.1) is 0 Å². The van der Waals surface area contributed by atoms with Crippen LogP contribution in [-0.2, 0) is 15.0 Å². The van der Waals surface area contributed by atoms with Gasteiger partial charge in [0.15, 0.2) is 5.65 Å². The Bertz CT molecular complexity index is 2180. The highest BCUT2D eigenvalue weighted by Crippen LogP contribution is 2.42. The third-order valence-electron chi connectivity index (χ3n) is 8.64. The molecule has 1 saturated carbocycles. The van der Waals surface area contributed by atoms with Gasteiger partial charge in [0.25, 0.3) is 0 Å². The minimum Gasteiger partial charge on any atom is -0.444 e. The molecule has 1 aliphatic rings. The van der Waals surface area contributed by atoms with Gasteiger partial charge >= 0.3 is 12.2 Å². The van der Waals surface area contributed by atoms with Crippen molar-refractivity contribution in [1.82, 2.24) is 29.7 Å². The Balaban J connectivity index is 1.28. The fraction of sp³-hybridized carbons (Fsp3) is 0.308. The van der Waals surface area contributed by atoms with E-state index in [4.69, 9.17) is 19.6 Å². The second-order valence-electron chi connectivity index (χ2n) is 14.6. The molecule has 0 bridgehead atoms. The van der Waals surface area contributed by atoms with E-state index in [2.05, 4.69) is 46.8 Å². The highest BCUT2D eigenvalue weighted by Gasteiger charge is 2.41. The van der Waals surface area contributed by atoms with E-state index >= 15 is 0 Å². The lowest BCUT2D eigenvalue weighted by atomic mass is 9.71. The van der Waals surface area contributed by atoms with Crippen LogP contribution in [0.3, 0.4) is 0 Å². The van der Waals surface area contributed by atoms with Gasteiger partial charge in [-0.2, -0.15) is 14.9 Å². The minimum atomic E-state index is -0.651. The molecule has 10 nitrogen and oxygen atoms in total. The molecule has 3 aromatic carbocycles. The molecule has 6 aromatic rings. The molecule has 1 N–H and O–H groups in total. The molecule has 3 aromatic heterocycles. The normalized spacial score (nSPS) is 14.4. The molecule has 0 saturated heterocycles. The number of benzene rings is 3. The molecule has 10 heteroatoms. The zero-order valence-electron chi connectivity index (χ0n) is 28.7. The second kappa shape index (κ2) is 11.9. The van der Waals surface area contributed by atoms with Crippen LogP contribution in [0.4, 0.5) is 9.59 Å². The lowest BCUT2D eigenvalue weighted by Gasteiger charge is -2.43. The number of carbonyl (C=O) groups excluding carboxylic acids is 2. The zero-order valence-corrected chi connectivity index (χ0v) is 28.7. The van der Waals surface area contributed by atoms with Crippen LogP contribution < -0.4 is 5.32 Å². The van der Waals surface area contributed by atoms with Gasteiger partial charge in [0, 0.05) is 28.3 Å². The van der Waals surface area contributed by atoms with Crippen LogP contribution in [-0.4, -0.2) is 47.8 Å². The third-order valence-corrected chi connectivity index (χ3v) is 8.64. The second-order valence-corrected chi connectivity index (χ2v) is 14.6. The van der Waals surface area contributed by atoms with E-state index in [1.807, 2.05) is 88.7 Å². The van der Waals surface area contributed by atoms with Crippen molar-refractivity contribution in [3.63, 3.8) is 0 Å². The summed E-state index contributed by atoms with van der Waals surface area (Å²) in [5.41, 5.74) is 5.92. The smallest absolute Gasteiger partial charge is 0.435 e. The monoisotopic (exact) mass is 656 g/mol. The van der Waals surface area contributed by atoms with E-state index in [0.29, 0.717) is 11.3 Å². The van der Waals surface area contributed by atoms with Crippen molar-refractivity contribution in [1.29, 1.82) is 0 Å². The fourth-order valence-electron chi connectivity index (χ4n) is 6.28. The van der Waals surface area contributed by atoms with Crippen molar-refractivity contribution in [2.24, 2.45) is 0 Å². The molecule has 250 valence electrons. The molecule has 1 amide bonds. The van der Waals surface area contributed by atoms with E-state index in [1.165, 1.54) is 4.68 Å². The fourth-order valence-corrected chi connectivity index (χ4v) is 6.28. The van der Waals surface area contributed by atoms with Crippen molar-refractivity contribution in [3.8, 4) is 33.6 Å². The molecule has 7 rings (SSSR count). The summed E-state index contributed by atoms with van der Waals surface area (Å²) in [6.07, 6.45) is 5.40. The predicted molar refractivity (Wildman–Crippen MR) is 189 cm³/mol. The topological polar surface area (TPSA) is 113 Å². The van der Waals surface area contributed by atoms with Gasteiger partial charge in [-0.3, -0.25) is 0 Å². The van der Waals surface area contributed by atoms with Crippen molar-refractivity contribution < 1.29 is 19.1 Å². The largest absolute Gasteiger partial charge is 0.444 e. The maximum Gasteiger partial charge on any atom is 0.435 e. The van der Waals surface area contributed by atoms with Crippen molar-refractivity contribution in [3.05, 3.63) is 96.8 Å². The summed E-state index contributed by atoms with van der Waals surface area (Å²) < 4.78 is 14.2. The SMILES string of the molecule is CC(C)(C)OC(=O)NC1(c2ccc(-c3nc4c5ccc(-c6ccnn6C(=O)OC(C)(C)C)cc5nn4cc3-c3ccccc3)cc2)CCC1. The van der Waals surface area contributed by atoms with Gasteiger partial charge in [0.2, 0.25) is 0 Å².